The molecule has 1 fully saturated rings. The van der Waals surface area contributed by atoms with Crippen LogP contribution in [0.5, 0.6) is 5.75 Å². The lowest BCUT2D eigenvalue weighted by atomic mass is 9.99. The van der Waals surface area contributed by atoms with E-state index in [-0.39, 0.29) is 38.7 Å². The zero-order chi connectivity index (χ0) is 21.6. The minimum absolute atomic E-state index is 0.0292. The topological polar surface area (TPSA) is 133 Å². The monoisotopic (exact) mass is 428 g/mol. The minimum Gasteiger partial charge on any atom is -0.501 e. The lowest BCUT2D eigenvalue weighted by Gasteiger charge is -2.44. The molecule has 1 amide bonds. The van der Waals surface area contributed by atoms with E-state index in [1.165, 1.54) is 40.1 Å². The van der Waals surface area contributed by atoms with Crippen LogP contribution in [0, 0.1) is 5.82 Å². The van der Waals surface area contributed by atoms with E-state index in [1.54, 1.807) is 0 Å². The number of halogens is 1. The molecule has 31 heavy (non-hydrogen) atoms. The molecule has 1 aromatic carbocycles. The quantitative estimate of drug-likeness (QED) is 0.586. The van der Waals surface area contributed by atoms with Crippen molar-refractivity contribution in [1.29, 1.82) is 0 Å². The van der Waals surface area contributed by atoms with Gasteiger partial charge in [0.1, 0.15) is 24.3 Å². The molecule has 5 rings (SSSR count). The van der Waals surface area contributed by atoms with Gasteiger partial charge in [-0.25, -0.2) is 19.0 Å². The Bertz CT molecular complexity index is 1220. The maximum Gasteiger partial charge on any atom is 0.296 e. The smallest absolute Gasteiger partial charge is 0.296 e. The van der Waals surface area contributed by atoms with Crippen LogP contribution in [0.25, 0.3) is 5.69 Å². The van der Waals surface area contributed by atoms with Crippen LogP contribution in [0.2, 0.25) is 0 Å². The van der Waals surface area contributed by atoms with Gasteiger partial charge in [0.25, 0.3) is 11.5 Å². The molecule has 0 radical (unpaired) electrons. The molecule has 2 aliphatic heterocycles. The van der Waals surface area contributed by atoms with Crippen molar-refractivity contribution in [2.24, 2.45) is 0 Å². The molecule has 0 unspecified atom stereocenters. The molecule has 160 valence electrons. The number of aromatic nitrogens is 5. The highest BCUT2D eigenvalue weighted by Gasteiger charge is 2.48. The molecular weight excluding hydrogens is 411 g/mol. The van der Waals surface area contributed by atoms with Gasteiger partial charge in [0.05, 0.1) is 32.1 Å². The number of carbonyl (C=O) groups is 1. The second-order valence-corrected chi connectivity index (χ2v) is 7.22. The first-order valence-corrected chi connectivity index (χ1v) is 9.46. The molecule has 1 spiro atoms. The van der Waals surface area contributed by atoms with Crippen LogP contribution < -0.4 is 10.9 Å². The summed E-state index contributed by atoms with van der Waals surface area (Å²) in [5.41, 5.74) is -1.08. The second-order valence-electron chi connectivity index (χ2n) is 7.22. The zero-order valence-corrected chi connectivity index (χ0v) is 16.1. The van der Waals surface area contributed by atoms with Crippen molar-refractivity contribution in [3.05, 3.63) is 64.1 Å². The molecule has 3 aromatic rings. The van der Waals surface area contributed by atoms with E-state index in [4.69, 9.17) is 9.47 Å². The molecule has 2 N–H and O–H groups in total. The lowest BCUT2D eigenvalue weighted by molar-refractivity contribution is -0.233. The van der Waals surface area contributed by atoms with E-state index in [1.807, 2.05) is 0 Å². The van der Waals surface area contributed by atoms with Crippen LogP contribution in [-0.2, 0) is 28.2 Å². The summed E-state index contributed by atoms with van der Waals surface area (Å²) < 4.78 is 27.4. The third-order valence-electron chi connectivity index (χ3n) is 5.28. The normalized spacial score (nSPS) is 16.5. The van der Waals surface area contributed by atoms with E-state index in [0.29, 0.717) is 11.3 Å². The predicted molar refractivity (Wildman–Crippen MR) is 101 cm³/mol. The number of nitrogens with zero attached hydrogens (tertiary/aromatic N) is 5. The van der Waals surface area contributed by atoms with Gasteiger partial charge in [-0.2, -0.15) is 5.10 Å². The third kappa shape index (κ3) is 3.16. The Labute approximate surface area is 174 Å². The van der Waals surface area contributed by atoms with E-state index < -0.39 is 34.3 Å². The second kappa shape index (κ2) is 7.25. The first-order chi connectivity index (χ1) is 15.0. The highest BCUT2D eigenvalue weighted by atomic mass is 19.1. The van der Waals surface area contributed by atoms with Crippen molar-refractivity contribution in [2.45, 2.75) is 18.7 Å². The molecule has 2 aromatic heterocycles. The van der Waals surface area contributed by atoms with Gasteiger partial charge in [0, 0.05) is 6.54 Å². The third-order valence-corrected chi connectivity index (χ3v) is 5.28. The molecular formula is C19H17FN6O5. The first-order valence-electron chi connectivity index (χ1n) is 9.46. The van der Waals surface area contributed by atoms with Crippen molar-refractivity contribution >= 4 is 5.91 Å². The standard InChI is InChI=1S/C19H17FN6O5/c20-12-2-1-11(13(5-12)26-10-21-9-23-26)6-22-16(28)14-15(27)17(29)25-3-4-31-19(7-30-8-19)18(25)24-14/h1-2,5,9-10,27H,3-4,6-8H2,(H,22,28). The number of nitrogens with one attached hydrogen (secondary N) is 1. The predicted octanol–water partition coefficient (Wildman–Crippen LogP) is -0.146. The average Bonchev–Trinajstić information content (AvgIpc) is 3.28. The van der Waals surface area contributed by atoms with Gasteiger partial charge in [0.2, 0.25) is 5.75 Å². The van der Waals surface area contributed by atoms with Crippen LogP contribution in [0.15, 0.2) is 35.6 Å². The number of amides is 1. The Kier molecular flexibility index (Phi) is 4.52. The van der Waals surface area contributed by atoms with Crippen molar-refractivity contribution in [2.75, 3.05) is 19.8 Å². The average molecular weight is 428 g/mol. The first kappa shape index (κ1) is 19.3. The summed E-state index contributed by atoms with van der Waals surface area (Å²) in [6, 6.07) is 4.01. The van der Waals surface area contributed by atoms with Crippen LogP contribution in [0.4, 0.5) is 4.39 Å². The van der Waals surface area contributed by atoms with Gasteiger partial charge in [0.15, 0.2) is 11.3 Å². The molecule has 2 aliphatic rings. The molecule has 0 saturated carbocycles. The Morgan fingerprint density at radius 1 is 1.35 bits per heavy atom. The van der Waals surface area contributed by atoms with Crippen molar-refractivity contribution in [3.8, 4) is 11.4 Å². The van der Waals surface area contributed by atoms with Crippen molar-refractivity contribution in [3.63, 3.8) is 0 Å². The Morgan fingerprint density at radius 3 is 2.90 bits per heavy atom. The summed E-state index contributed by atoms with van der Waals surface area (Å²) in [4.78, 5) is 33.5. The van der Waals surface area contributed by atoms with Gasteiger partial charge in [-0.05, 0) is 17.7 Å². The summed E-state index contributed by atoms with van der Waals surface area (Å²) in [7, 11) is 0. The van der Waals surface area contributed by atoms with E-state index in [0.717, 1.165) is 0 Å². The molecule has 0 aliphatic carbocycles. The SMILES string of the molecule is O=C(NCc1ccc(F)cc1-n1cncn1)c1nc2n(c(=O)c1O)CCOC21COC1. The number of carbonyl (C=O) groups excluding carboxylic acids is 1. The molecule has 1 saturated heterocycles. The van der Waals surface area contributed by atoms with Crippen LogP contribution in [-0.4, -0.2) is 55.1 Å². The number of benzene rings is 1. The van der Waals surface area contributed by atoms with Gasteiger partial charge >= 0.3 is 0 Å². The number of hydrogen-bond acceptors (Lipinski definition) is 8. The van der Waals surface area contributed by atoms with Crippen LogP contribution in [0.3, 0.4) is 0 Å². The number of fused-ring (bicyclic) bond motifs is 2. The number of rotatable bonds is 4. The molecule has 0 atom stereocenters. The van der Waals surface area contributed by atoms with Gasteiger partial charge in [-0.15, -0.1) is 0 Å². The lowest BCUT2D eigenvalue weighted by Crippen LogP contribution is -2.56. The van der Waals surface area contributed by atoms with E-state index in [9.17, 15) is 19.1 Å². The summed E-state index contributed by atoms with van der Waals surface area (Å²) in [5, 5.41) is 16.9. The van der Waals surface area contributed by atoms with Gasteiger partial charge < -0.3 is 19.9 Å². The largest absolute Gasteiger partial charge is 0.501 e. The maximum absolute atomic E-state index is 13.7. The summed E-state index contributed by atoms with van der Waals surface area (Å²) in [5.74, 6) is -1.72. The summed E-state index contributed by atoms with van der Waals surface area (Å²) in [6.45, 7) is 0.886. The molecule has 0 bridgehead atoms. The number of aromatic hydroxyl groups is 1. The van der Waals surface area contributed by atoms with Crippen molar-refractivity contribution < 1.29 is 23.8 Å². The van der Waals surface area contributed by atoms with E-state index in [2.05, 4.69) is 20.4 Å². The summed E-state index contributed by atoms with van der Waals surface area (Å²) in [6.07, 6.45) is 2.70. The molecule has 4 heterocycles. The van der Waals surface area contributed by atoms with Crippen LogP contribution >= 0.6 is 0 Å². The highest BCUT2D eigenvalue weighted by molar-refractivity contribution is 5.94. The Balaban J connectivity index is 1.44. The summed E-state index contributed by atoms with van der Waals surface area (Å²) >= 11 is 0. The van der Waals surface area contributed by atoms with E-state index >= 15 is 0 Å². The molecule has 12 heteroatoms. The van der Waals surface area contributed by atoms with Gasteiger partial charge in [-0.3, -0.25) is 14.2 Å². The number of ether oxygens (including phenoxy) is 2. The zero-order valence-electron chi connectivity index (χ0n) is 16.1. The number of hydrogen-bond donors (Lipinski definition) is 2. The Morgan fingerprint density at radius 2 is 2.19 bits per heavy atom. The molecule has 11 nitrogen and oxygen atoms in total. The fraction of sp³-hybridized carbons (Fsp3) is 0.316. The highest BCUT2D eigenvalue weighted by Crippen LogP contribution is 2.35. The fourth-order valence-corrected chi connectivity index (χ4v) is 3.65. The Hall–Kier alpha value is -3.64. The van der Waals surface area contributed by atoms with Crippen LogP contribution in [0.1, 0.15) is 21.9 Å². The maximum atomic E-state index is 13.7. The minimum atomic E-state index is -0.892. The van der Waals surface area contributed by atoms with Crippen molar-refractivity contribution in [1.82, 2.24) is 29.6 Å². The van der Waals surface area contributed by atoms with Gasteiger partial charge in [-0.1, -0.05) is 6.07 Å². The fourth-order valence-electron chi connectivity index (χ4n) is 3.65.